The normalized spacial score (nSPS) is 11.4. The molecule has 0 amide bonds. The standard InChI is InChI=1S/C17H12Br2N4O3/c1-9-13(15(22-25-9)14-10(18)5-4-6-11(14)19)17(24)26-23-16(20)12-7-2-3-8-21-12/h2-8H,1H3,(H2,20,23). The highest BCUT2D eigenvalue weighted by atomic mass is 79.9. The summed E-state index contributed by atoms with van der Waals surface area (Å²) in [6.07, 6.45) is 1.56. The maximum atomic E-state index is 12.5. The number of nitrogens with two attached hydrogens (primary N) is 1. The van der Waals surface area contributed by atoms with Gasteiger partial charge in [0.2, 0.25) is 0 Å². The van der Waals surface area contributed by atoms with Gasteiger partial charge in [0.15, 0.2) is 5.84 Å². The van der Waals surface area contributed by atoms with E-state index in [-0.39, 0.29) is 11.4 Å². The summed E-state index contributed by atoms with van der Waals surface area (Å²) in [5.41, 5.74) is 7.35. The molecule has 0 bridgehead atoms. The van der Waals surface area contributed by atoms with Gasteiger partial charge in [0.1, 0.15) is 22.7 Å². The van der Waals surface area contributed by atoms with Crippen LogP contribution in [0.1, 0.15) is 21.8 Å². The minimum atomic E-state index is -0.736. The predicted molar refractivity (Wildman–Crippen MR) is 102 cm³/mol. The smallest absolute Gasteiger partial charge is 0.371 e. The van der Waals surface area contributed by atoms with Gasteiger partial charge >= 0.3 is 5.97 Å². The van der Waals surface area contributed by atoms with Gasteiger partial charge in [0, 0.05) is 20.7 Å². The highest BCUT2D eigenvalue weighted by Gasteiger charge is 2.26. The Labute approximate surface area is 165 Å². The number of aryl methyl sites for hydroxylation is 1. The van der Waals surface area contributed by atoms with Crippen LogP contribution in [-0.2, 0) is 4.84 Å². The van der Waals surface area contributed by atoms with Crippen LogP contribution in [0.25, 0.3) is 11.3 Å². The van der Waals surface area contributed by atoms with Crippen molar-refractivity contribution in [2.75, 3.05) is 0 Å². The molecule has 7 nitrogen and oxygen atoms in total. The van der Waals surface area contributed by atoms with Gasteiger partial charge in [-0.05, 0) is 31.2 Å². The van der Waals surface area contributed by atoms with E-state index in [9.17, 15) is 4.79 Å². The fourth-order valence-electron chi connectivity index (χ4n) is 2.20. The predicted octanol–water partition coefficient (Wildman–Crippen LogP) is 4.05. The molecule has 0 fully saturated rings. The molecule has 0 aliphatic carbocycles. The summed E-state index contributed by atoms with van der Waals surface area (Å²) in [5, 5.41) is 7.65. The monoisotopic (exact) mass is 478 g/mol. The second-order valence-electron chi connectivity index (χ2n) is 5.13. The highest BCUT2D eigenvalue weighted by molar-refractivity contribution is 9.11. The number of benzene rings is 1. The molecule has 1 aromatic carbocycles. The largest absolute Gasteiger partial charge is 0.379 e. The van der Waals surface area contributed by atoms with E-state index in [0.29, 0.717) is 22.7 Å². The quantitative estimate of drug-likeness (QED) is 0.262. The first-order valence-corrected chi connectivity index (χ1v) is 8.94. The molecular formula is C17H12Br2N4O3. The number of rotatable bonds is 4. The van der Waals surface area contributed by atoms with Crippen molar-refractivity contribution < 1.29 is 14.2 Å². The Morgan fingerprint density at radius 3 is 2.58 bits per heavy atom. The molecular weight excluding hydrogens is 468 g/mol. The third kappa shape index (κ3) is 3.68. The van der Waals surface area contributed by atoms with Crippen molar-refractivity contribution in [3.05, 3.63) is 68.6 Å². The number of aromatic nitrogens is 2. The number of amidine groups is 1. The molecule has 0 atom stereocenters. The van der Waals surface area contributed by atoms with E-state index in [0.717, 1.165) is 8.95 Å². The molecule has 2 aromatic heterocycles. The van der Waals surface area contributed by atoms with Gasteiger partial charge in [0.05, 0.1) is 0 Å². The summed E-state index contributed by atoms with van der Waals surface area (Å²) in [6.45, 7) is 1.61. The van der Waals surface area contributed by atoms with E-state index in [1.54, 1.807) is 31.3 Å². The van der Waals surface area contributed by atoms with Gasteiger partial charge in [-0.1, -0.05) is 54.3 Å². The number of carbonyl (C=O) groups excluding carboxylic acids is 1. The lowest BCUT2D eigenvalue weighted by Crippen LogP contribution is -2.16. The molecule has 2 N–H and O–H groups in total. The molecule has 26 heavy (non-hydrogen) atoms. The van der Waals surface area contributed by atoms with Gasteiger partial charge < -0.3 is 15.1 Å². The summed E-state index contributed by atoms with van der Waals surface area (Å²) >= 11 is 6.90. The third-order valence-corrected chi connectivity index (χ3v) is 4.74. The Morgan fingerprint density at radius 1 is 1.19 bits per heavy atom. The lowest BCUT2D eigenvalue weighted by Gasteiger charge is -2.06. The van der Waals surface area contributed by atoms with Crippen molar-refractivity contribution in [2.24, 2.45) is 10.9 Å². The Bertz CT molecular complexity index is 967. The van der Waals surface area contributed by atoms with Gasteiger partial charge in [-0.3, -0.25) is 4.98 Å². The van der Waals surface area contributed by atoms with Crippen LogP contribution < -0.4 is 5.73 Å². The van der Waals surface area contributed by atoms with Gasteiger partial charge in [0.25, 0.3) is 0 Å². The van der Waals surface area contributed by atoms with Crippen molar-refractivity contribution in [1.82, 2.24) is 10.1 Å². The second kappa shape index (κ2) is 7.79. The molecule has 2 heterocycles. The minimum Gasteiger partial charge on any atom is -0.379 e. The van der Waals surface area contributed by atoms with Crippen LogP contribution in [0.15, 0.2) is 61.2 Å². The van der Waals surface area contributed by atoms with E-state index in [1.165, 1.54) is 0 Å². The zero-order valence-corrected chi connectivity index (χ0v) is 16.6. The second-order valence-corrected chi connectivity index (χ2v) is 6.84. The fourth-order valence-corrected chi connectivity index (χ4v) is 3.58. The lowest BCUT2D eigenvalue weighted by molar-refractivity contribution is 0.0514. The lowest BCUT2D eigenvalue weighted by atomic mass is 10.1. The maximum Gasteiger partial charge on any atom is 0.371 e. The number of nitrogens with zero attached hydrogens (tertiary/aromatic N) is 3. The molecule has 132 valence electrons. The highest BCUT2D eigenvalue weighted by Crippen LogP contribution is 2.37. The minimum absolute atomic E-state index is 0.0170. The van der Waals surface area contributed by atoms with Crippen LogP contribution in [0.4, 0.5) is 0 Å². The summed E-state index contributed by atoms with van der Waals surface area (Å²) < 4.78 is 6.67. The first kappa shape index (κ1) is 18.3. The Morgan fingerprint density at radius 2 is 1.92 bits per heavy atom. The molecule has 3 rings (SSSR count). The third-order valence-electron chi connectivity index (χ3n) is 3.42. The van der Waals surface area contributed by atoms with Crippen molar-refractivity contribution in [1.29, 1.82) is 0 Å². The van der Waals surface area contributed by atoms with Crippen LogP contribution in [0.3, 0.4) is 0 Å². The Kier molecular flexibility index (Phi) is 5.48. The van der Waals surface area contributed by atoms with E-state index >= 15 is 0 Å². The van der Waals surface area contributed by atoms with Gasteiger partial charge in [-0.2, -0.15) is 0 Å². The van der Waals surface area contributed by atoms with E-state index < -0.39 is 5.97 Å². The number of hydrogen-bond donors (Lipinski definition) is 1. The first-order chi connectivity index (χ1) is 12.5. The van der Waals surface area contributed by atoms with Crippen LogP contribution in [0.5, 0.6) is 0 Å². The van der Waals surface area contributed by atoms with Crippen LogP contribution in [0, 0.1) is 6.92 Å². The van der Waals surface area contributed by atoms with E-state index in [2.05, 4.69) is 47.2 Å². The van der Waals surface area contributed by atoms with Crippen LogP contribution in [-0.4, -0.2) is 21.9 Å². The Hall–Kier alpha value is -2.52. The van der Waals surface area contributed by atoms with Crippen molar-refractivity contribution in [2.45, 2.75) is 6.92 Å². The fraction of sp³-hybridized carbons (Fsp3) is 0.0588. The average Bonchev–Trinajstić information content (AvgIpc) is 3.01. The van der Waals surface area contributed by atoms with Crippen molar-refractivity contribution in [3.63, 3.8) is 0 Å². The molecule has 9 heteroatoms. The van der Waals surface area contributed by atoms with Gasteiger partial charge in [-0.25, -0.2) is 4.79 Å². The molecule has 0 saturated carbocycles. The first-order valence-electron chi connectivity index (χ1n) is 7.36. The molecule has 0 saturated heterocycles. The number of halogens is 2. The number of carbonyl (C=O) groups is 1. The SMILES string of the molecule is Cc1onc(-c2c(Br)cccc2Br)c1C(=O)O/N=C(\N)c1ccccn1. The number of hydrogen-bond acceptors (Lipinski definition) is 6. The topological polar surface area (TPSA) is 104 Å². The number of pyridine rings is 1. The van der Waals surface area contributed by atoms with Crippen molar-refractivity contribution >= 4 is 43.7 Å². The summed E-state index contributed by atoms with van der Waals surface area (Å²) in [7, 11) is 0. The van der Waals surface area contributed by atoms with E-state index in [1.807, 2.05) is 18.2 Å². The summed E-state index contributed by atoms with van der Waals surface area (Å²) in [5.74, 6) is -0.448. The number of oxime groups is 1. The van der Waals surface area contributed by atoms with Crippen LogP contribution in [0.2, 0.25) is 0 Å². The average molecular weight is 480 g/mol. The molecule has 0 aliphatic heterocycles. The maximum absolute atomic E-state index is 12.5. The Balaban J connectivity index is 1.93. The van der Waals surface area contributed by atoms with E-state index in [4.69, 9.17) is 15.1 Å². The zero-order valence-electron chi connectivity index (χ0n) is 13.4. The molecule has 0 spiro atoms. The van der Waals surface area contributed by atoms with Gasteiger partial charge in [-0.15, -0.1) is 0 Å². The van der Waals surface area contributed by atoms with Crippen molar-refractivity contribution in [3.8, 4) is 11.3 Å². The zero-order chi connectivity index (χ0) is 18.7. The molecule has 0 unspecified atom stereocenters. The molecule has 0 radical (unpaired) electrons. The molecule has 3 aromatic rings. The van der Waals surface area contributed by atoms with Crippen LogP contribution >= 0.6 is 31.9 Å². The summed E-state index contributed by atoms with van der Waals surface area (Å²) in [4.78, 5) is 21.6. The summed E-state index contributed by atoms with van der Waals surface area (Å²) in [6, 6.07) is 10.7. The molecule has 0 aliphatic rings.